The van der Waals surface area contributed by atoms with Gasteiger partial charge in [-0.15, -0.1) is 54.1 Å². The fourth-order valence-electron chi connectivity index (χ4n) is 4.33. The second-order valence-corrected chi connectivity index (χ2v) is 15.1. The van der Waals surface area contributed by atoms with Crippen LogP contribution >= 0.6 is 0 Å². The van der Waals surface area contributed by atoms with Crippen LogP contribution in [-0.4, -0.2) is 18.0 Å². The van der Waals surface area contributed by atoms with E-state index in [0.717, 1.165) is 33.4 Å². The van der Waals surface area contributed by atoms with Gasteiger partial charge in [-0.1, -0.05) is 72.2 Å². The van der Waals surface area contributed by atoms with Crippen molar-refractivity contribution in [1.82, 2.24) is 9.97 Å². The van der Waals surface area contributed by atoms with Gasteiger partial charge in [0.05, 0.1) is 13.7 Å². The number of benzene rings is 3. The van der Waals surface area contributed by atoms with Gasteiger partial charge in [-0.3, -0.25) is 0 Å². The molecule has 38 heavy (non-hydrogen) atoms. The van der Waals surface area contributed by atoms with E-state index in [0.29, 0.717) is 5.69 Å². The van der Waals surface area contributed by atoms with Gasteiger partial charge >= 0.3 is 0 Å². The molecule has 0 aliphatic rings. The van der Waals surface area contributed by atoms with E-state index in [9.17, 15) is 0 Å². The maximum atomic E-state index is 7.51. The molecule has 3 aromatic carbocycles. The second-order valence-electron chi connectivity index (χ2n) is 10.1. The van der Waals surface area contributed by atoms with Crippen molar-refractivity contribution in [3.63, 3.8) is 0 Å². The number of aromatic nitrogens is 2. The van der Waals surface area contributed by atoms with Gasteiger partial charge in [0.1, 0.15) is 5.58 Å². The molecule has 0 saturated carbocycles. The molecule has 1 radical (unpaired) electrons. The molecule has 0 atom stereocenters. The van der Waals surface area contributed by atoms with E-state index in [2.05, 4.69) is 53.9 Å². The number of furan rings is 1. The Morgan fingerprint density at radius 1 is 0.789 bits per heavy atom. The number of pyridine rings is 2. The van der Waals surface area contributed by atoms with Crippen molar-refractivity contribution in [3.8, 4) is 22.5 Å². The quantitative estimate of drug-likeness (QED) is 0.139. The smallest absolute Gasteiger partial charge is 0.120 e. The predicted molar refractivity (Wildman–Crippen MR) is 157 cm³/mol. The minimum atomic E-state index is -2.16. The molecule has 0 N–H and O–H groups in total. The average Bonchev–Trinajstić information content (AvgIpc) is 3.32. The molecule has 0 aliphatic carbocycles. The topological polar surface area (TPSA) is 38.9 Å². The number of hydrogen-bond donors (Lipinski definition) is 0. The van der Waals surface area contributed by atoms with E-state index >= 15 is 0 Å². The summed E-state index contributed by atoms with van der Waals surface area (Å²) in [7, 11) is -1.55. The number of rotatable bonds is 3. The van der Waals surface area contributed by atoms with Crippen LogP contribution in [0.25, 0.3) is 44.5 Å². The number of fused-ring (bicyclic) bond motifs is 3. The zero-order chi connectivity index (χ0) is 28.5. The van der Waals surface area contributed by atoms with Crippen LogP contribution in [0.2, 0.25) is 19.6 Å². The summed E-state index contributed by atoms with van der Waals surface area (Å²) in [6.07, 6.45) is 3.28. The SMILES string of the molecule is Cc1ccc(-c2[c-]cccc2)nc1.[2H]C([2H])([2H])c1ccc(-c2[c-]ccc3c2oc2cccc([Si](C)(C)C)c23)nc1.[Ir]. The average molecular weight is 694 g/mol. The molecule has 3 aromatic heterocycles. The van der Waals surface area contributed by atoms with E-state index in [1.54, 1.807) is 12.1 Å². The van der Waals surface area contributed by atoms with Crippen molar-refractivity contribution in [2.24, 2.45) is 0 Å². The van der Waals surface area contributed by atoms with Gasteiger partial charge in [0, 0.05) is 42.0 Å². The summed E-state index contributed by atoms with van der Waals surface area (Å²) in [6.45, 7) is 6.85. The van der Waals surface area contributed by atoms with E-state index in [1.165, 1.54) is 22.3 Å². The Bertz CT molecular complexity index is 1760. The maximum absolute atomic E-state index is 7.51. The van der Waals surface area contributed by atoms with Crippen molar-refractivity contribution in [2.75, 3.05) is 0 Å². The van der Waals surface area contributed by atoms with Crippen molar-refractivity contribution in [3.05, 3.63) is 115 Å². The normalized spacial score (nSPS) is 12.6. The van der Waals surface area contributed by atoms with Gasteiger partial charge in [0.25, 0.3) is 0 Å². The van der Waals surface area contributed by atoms with Crippen LogP contribution in [0, 0.1) is 25.9 Å². The first-order valence-corrected chi connectivity index (χ1v) is 15.8. The zero-order valence-corrected chi connectivity index (χ0v) is 25.2. The fourth-order valence-corrected chi connectivity index (χ4v) is 5.93. The van der Waals surface area contributed by atoms with E-state index in [4.69, 9.17) is 8.53 Å². The van der Waals surface area contributed by atoms with Crippen molar-refractivity contribution >= 4 is 35.2 Å². The summed E-state index contributed by atoms with van der Waals surface area (Å²) in [4.78, 5) is 8.68. The standard InChI is InChI=1S/C21H20NOSi.C12H10N.Ir/c1-14-11-12-17(22-13-14)15-7-5-8-16-20-18(23-21(15)16)9-6-10-19(20)24(2,3)4;1-10-7-8-12(13-9-10)11-5-3-2-4-6-11;/h5-6,8-13H,1-4H3;2-5,7-9H,1H3;/q2*-1;/i1D3;;. The fraction of sp³-hybridized carbons (Fsp3) is 0.152. The van der Waals surface area contributed by atoms with E-state index in [1.807, 2.05) is 67.7 Å². The third-order valence-electron chi connectivity index (χ3n) is 6.18. The molecule has 5 heteroatoms. The van der Waals surface area contributed by atoms with Gasteiger partial charge in [-0.25, -0.2) is 0 Å². The van der Waals surface area contributed by atoms with Crippen LogP contribution in [-0.2, 0) is 20.1 Å². The summed E-state index contributed by atoms with van der Waals surface area (Å²) in [6, 6.07) is 31.8. The largest absolute Gasteiger partial charge is 0.501 e. The molecule has 0 bridgehead atoms. The molecule has 0 unspecified atom stereocenters. The molecule has 3 nitrogen and oxygen atoms in total. The Kier molecular flexibility index (Phi) is 7.22. The molecule has 6 rings (SSSR count). The monoisotopic (exact) mass is 694 g/mol. The molecular formula is C33H30IrN2OSi-2. The first-order valence-electron chi connectivity index (χ1n) is 13.8. The van der Waals surface area contributed by atoms with Crippen LogP contribution in [0.15, 0.2) is 95.7 Å². The van der Waals surface area contributed by atoms with Gasteiger partial charge < -0.3 is 14.4 Å². The molecule has 0 fully saturated rings. The second kappa shape index (κ2) is 11.6. The summed E-state index contributed by atoms with van der Waals surface area (Å²) in [5, 5.41) is 3.58. The minimum absolute atomic E-state index is 0. The molecule has 193 valence electrons. The van der Waals surface area contributed by atoms with Crippen LogP contribution < -0.4 is 5.19 Å². The molecular weight excluding hydrogens is 661 g/mol. The van der Waals surface area contributed by atoms with Crippen molar-refractivity contribution < 1.29 is 28.6 Å². The Morgan fingerprint density at radius 3 is 2.21 bits per heavy atom. The summed E-state index contributed by atoms with van der Waals surface area (Å²) in [5.41, 5.74) is 6.44. The van der Waals surface area contributed by atoms with E-state index < -0.39 is 14.9 Å². The number of hydrogen-bond acceptors (Lipinski definition) is 3. The van der Waals surface area contributed by atoms with Crippen LogP contribution in [0.1, 0.15) is 15.2 Å². The summed E-state index contributed by atoms with van der Waals surface area (Å²) in [5.74, 6) is 0. The van der Waals surface area contributed by atoms with Crippen molar-refractivity contribution in [1.29, 1.82) is 0 Å². The van der Waals surface area contributed by atoms with E-state index in [-0.39, 0.29) is 25.7 Å². The Hall–Kier alpha value is -3.37. The number of nitrogens with zero attached hydrogens (tertiary/aromatic N) is 2. The third kappa shape index (κ3) is 5.86. The zero-order valence-electron chi connectivity index (χ0n) is 24.8. The molecule has 0 amide bonds. The van der Waals surface area contributed by atoms with Crippen LogP contribution in [0.4, 0.5) is 0 Å². The van der Waals surface area contributed by atoms with Gasteiger partial charge in [-0.05, 0) is 42.4 Å². The summed E-state index contributed by atoms with van der Waals surface area (Å²) < 4.78 is 28.7. The van der Waals surface area contributed by atoms with Gasteiger partial charge in [-0.2, -0.15) is 0 Å². The maximum Gasteiger partial charge on any atom is 0.120 e. The van der Waals surface area contributed by atoms with Gasteiger partial charge in [0.15, 0.2) is 0 Å². The Balaban J connectivity index is 0.000000233. The minimum Gasteiger partial charge on any atom is -0.501 e. The van der Waals surface area contributed by atoms with Crippen molar-refractivity contribution in [2.45, 2.75) is 33.4 Å². The molecule has 6 aromatic rings. The predicted octanol–water partition coefficient (Wildman–Crippen LogP) is 8.16. The molecule has 0 aliphatic heterocycles. The van der Waals surface area contributed by atoms with Gasteiger partial charge in [0.2, 0.25) is 0 Å². The molecule has 0 spiro atoms. The van der Waals surface area contributed by atoms with Crippen LogP contribution in [0.3, 0.4) is 0 Å². The molecule has 3 heterocycles. The number of aryl methyl sites for hydroxylation is 2. The van der Waals surface area contributed by atoms with Crippen LogP contribution in [0.5, 0.6) is 0 Å². The summed E-state index contributed by atoms with van der Waals surface area (Å²) >= 11 is 0. The Labute approximate surface area is 243 Å². The first-order chi connectivity index (χ1) is 19.0. The third-order valence-corrected chi connectivity index (χ3v) is 8.21. The molecule has 0 saturated heterocycles. The Morgan fingerprint density at radius 2 is 1.55 bits per heavy atom. The first kappa shape index (κ1) is 23.7.